The Morgan fingerprint density at radius 2 is 2.00 bits per heavy atom. The molecule has 27 heavy (non-hydrogen) atoms. The van der Waals surface area contributed by atoms with E-state index in [1.807, 2.05) is 28.8 Å². The minimum Gasteiger partial charge on any atom is -0.394 e. The summed E-state index contributed by atoms with van der Waals surface area (Å²) in [5, 5.41) is 32.0. The lowest BCUT2D eigenvalue weighted by Gasteiger charge is -2.17. The summed E-state index contributed by atoms with van der Waals surface area (Å²) in [5.74, 6) is 0.348. The highest BCUT2D eigenvalue weighted by atomic mass is 16.6. The summed E-state index contributed by atoms with van der Waals surface area (Å²) in [6, 6.07) is 9.24. The van der Waals surface area contributed by atoms with E-state index in [2.05, 4.69) is 15.3 Å². The first-order chi connectivity index (χ1) is 13.1. The van der Waals surface area contributed by atoms with Crippen LogP contribution < -0.4 is 11.0 Å². The number of nitrogens with zero attached hydrogens (tertiary/aromatic N) is 4. The van der Waals surface area contributed by atoms with Crippen LogP contribution in [0.1, 0.15) is 6.23 Å². The highest BCUT2D eigenvalue weighted by molar-refractivity contribution is 5.74. The van der Waals surface area contributed by atoms with Crippen LogP contribution in [0, 0.1) is 0 Å². The van der Waals surface area contributed by atoms with Crippen molar-refractivity contribution in [2.75, 3.05) is 11.9 Å². The van der Waals surface area contributed by atoms with Gasteiger partial charge in [0, 0.05) is 6.20 Å². The summed E-state index contributed by atoms with van der Waals surface area (Å²) in [5.41, 5.74) is 1.17. The Morgan fingerprint density at radius 1 is 1.19 bits per heavy atom. The Balaban J connectivity index is 1.50. The number of benzene rings is 1. The van der Waals surface area contributed by atoms with Crippen LogP contribution >= 0.6 is 0 Å². The molecule has 10 nitrogen and oxygen atoms in total. The second-order valence-electron chi connectivity index (χ2n) is 6.27. The largest absolute Gasteiger partial charge is 0.394 e. The first-order valence-corrected chi connectivity index (χ1v) is 8.44. The first-order valence-electron chi connectivity index (χ1n) is 8.44. The monoisotopic (exact) mass is 373 g/mol. The molecule has 0 bridgehead atoms. The van der Waals surface area contributed by atoms with E-state index in [1.165, 1.54) is 6.20 Å². The molecule has 1 aromatic carbocycles. The van der Waals surface area contributed by atoms with Gasteiger partial charge in [0.25, 0.3) is 0 Å². The fraction of sp³-hybridized carbons (Fsp3) is 0.353. The van der Waals surface area contributed by atoms with Gasteiger partial charge in [-0.15, -0.1) is 0 Å². The number of rotatable bonds is 5. The van der Waals surface area contributed by atoms with Crippen molar-refractivity contribution >= 4 is 16.9 Å². The molecule has 0 radical (unpaired) electrons. The number of para-hydroxylation sites is 2. The zero-order chi connectivity index (χ0) is 19.0. The number of fused-ring (bicyclic) bond motifs is 1. The molecular weight excluding hydrogens is 354 g/mol. The Kier molecular flexibility index (Phi) is 4.62. The average molecular weight is 373 g/mol. The minimum atomic E-state index is -1.34. The molecule has 1 aliphatic heterocycles. The SMILES string of the molecule is O=c1nc(NCn2cnc3ccccc32)ccn1C1OC(CO)C(O)C1O. The van der Waals surface area contributed by atoms with Crippen LogP contribution in [0.5, 0.6) is 0 Å². The van der Waals surface area contributed by atoms with Crippen molar-refractivity contribution in [2.24, 2.45) is 0 Å². The van der Waals surface area contributed by atoms with Gasteiger partial charge in [0.15, 0.2) is 6.23 Å². The highest BCUT2D eigenvalue weighted by Crippen LogP contribution is 2.28. The number of anilines is 1. The predicted molar refractivity (Wildman–Crippen MR) is 94.9 cm³/mol. The average Bonchev–Trinajstić information content (AvgIpc) is 3.22. The quantitative estimate of drug-likeness (QED) is 0.460. The third kappa shape index (κ3) is 3.19. The van der Waals surface area contributed by atoms with E-state index in [0.29, 0.717) is 12.5 Å². The van der Waals surface area contributed by atoms with Crippen LogP contribution in [-0.4, -0.2) is 59.3 Å². The number of nitrogens with one attached hydrogen (secondary N) is 1. The molecule has 4 atom stereocenters. The third-order valence-corrected chi connectivity index (χ3v) is 4.58. The van der Waals surface area contributed by atoms with E-state index in [4.69, 9.17) is 9.84 Å². The molecule has 1 fully saturated rings. The van der Waals surface area contributed by atoms with Crippen LogP contribution in [0.15, 0.2) is 47.7 Å². The lowest BCUT2D eigenvalue weighted by atomic mass is 10.1. The number of imidazole rings is 1. The lowest BCUT2D eigenvalue weighted by molar-refractivity contribution is -0.0549. The van der Waals surface area contributed by atoms with Crippen molar-refractivity contribution in [3.05, 3.63) is 53.3 Å². The maximum Gasteiger partial charge on any atom is 0.351 e. The minimum absolute atomic E-state index is 0.348. The molecule has 3 heterocycles. The van der Waals surface area contributed by atoms with Crippen molar-refractivity contribution in [3.63, 3.8) is 0 Å². The molecule has 0 amide bonds. The molecule has 2 aromatic heterocycles. The van der Waals surface area contributed by atoms with Crippen LogP contribution in [0.3, 0.4) is 0 Å². The molecule has 10 heteroatoms. The van der Waals surface area contributed by atoms with E-state index in [9.17, 15) is 15.0 Å². The Bertz CT molecular complexity index is 1000. The van der Waals surface area contributed by atoms with E-state index < -0.39 is 36.8 Å². The van der Waals surface area contributed by atoms with Gasteiger partial charge in [-0.2, -0.15) is 4.98 Å². The maximum absolute atomic E-state index is 12.3. The summed E-state index contributed by atoms with van der Waals surface area (Å²) in [7, 11) is 0. The first kappa shape index (κ1) is 17.6. The summed E-state index contributed by atoms with van der Waals surface area (Å²) >= 11 is 0. The molecule has 1 aliphatic rings. The fourth-order valence-corrected chi connectivity index (χ4v) is 3.12. The fourth-order valence-electron chi connectivity index (χ4n) is 3.12. The second kappa shape index (κ2) is 7.08. The molecule has 3 aromatic rings. The van der Waals surface area contributed by atoms with Gasteiger partial charge in [0.1, 0.15) is 24.1 Å². The van der Waals surface area contributed by atoms with Gasteiger partial charge >= 0.3 is 5.69 Å². The molecule has 0 saturated carbocycles. The standard InChI is InChI=1S/C17H19N5O5/c23-7-12-14(24)15(25)16(27-12)22-6-5-13(20-17(22)26)19-9-21-8-18-10-3-1-2-4-11(10)21/h1-6,8,12,14-16,23-25H,7,9H2,(H,19,20,26). The molecule has 4 N–H and O–H groups in total. The molecule has 1 saturated heterocycles. The molecule has 0 aliphatic carbocycles. The lowest BCUT2D eigenvalue weighted by Crippen LogP contribution is -2.36. The number of aliphatic hydroxyl groups excluding tert-OH is 3. The van der Waals surface area contributed by atoms with E-state index in [-0.39, 0.29) is 0 Å². The molecule has 142 valence electrons. The predicted octanol–water partition coefficient (Wildman–Crippen LogP) is -0.726. The molecule has 4 unspecified atom stereocenters. The third-order valence-electron chi connectivity index (χ3n) is 4.58. The maximum atomic E-state index is 12.3. The van der Waals surface area contributed by atoms with Crippen LogP contribution in [0.4, 0.5) is 5.82 Å². The molecule has 4 rings (SSSR count). The zero-order valence-corrected chi connectivity index (χ0v) is 14.2. The van der Waals surface area contributed by atoms with Crippen molar-refractivity contribution in [2.45, 2.75) is 31.2 Å². The summed E-state index contributed by atoms with van der Waals surface area (Å²) in [6.45, 7) is -0.0970. The number of hydrogen-bond donors (Lipinski definition) is 4. The van der Waals surface area contributed by atoms with Gasteiger partial charge in [-0.3, -0.25) is 4.57 Å². The van der Waals surface area contributed by atoms with Gasteiger partial charge in [0.2, 0.25) is 0 Å². The molecular formula is C17H19N5O5. The van der Waals surface area contributed by atoms with Crippen molar-refractivity contribution in [1.29, 1.82) is 0 Å². The number of aromatic nitrogens is 4. The number of hydrogen-bond acceptors (Lipinski definition) is 8. The molecule has 0 spiro atoms. The van der Waals surface area contributed by atoms with Gasteiger partial charge in [-0.25, -0.2) is 9.78 Å². The normalized spacial score (nSPS) is 25.1. The number of aliphatic hydroxyl groups is 3. The highest BCUT2D eigenvalue weighted by Gasteiger charge is 2.43. The topological polar surface area (TPSA) is 135 Å². The van der Waals surface area contributed by atoms with Crippen molar-refractivity contribution < 1.29 is 20.1 Å². The van der Waals surface area contributed by atoms with E-state index in [1.54, 1.807) is 12.4 Å². The van der Waals surface area contributed by atoms with Crippen LogP contribution in [0.2, 0.25) is 0 Å². The van der Waals surface area contributed by atoms with Crippen LogP contribution in [-0.2, 0) is 11.4 Å². The zero-order valence-electron chi connectivity index (χ0n) is 14.2. The van der Waals surface area contributed by atoms with Gasteiger partial charge < -0.3 is 29.9 Å². The van der Waals surface area contributed by atoms with Crippen LogP contribution in [0.25, 0.3) is 11.0 Å². The van der Waals surface area contributed by atoms with E-state index in [0.717, 1.165) is 15.6 Å². The number of ether oxygens (including phenoxy) is 1. The Morgan fingerprint density at radius 3 is 2.74 bits per heavy atom. The van der Waals surface area contributed by atoms with Crippen molar-refractivity contribution in [1.82, 2.24) is 19.1 Å². The summed E-state index contributed by atoms with van der Waals surface area (Å²) < 4.78 is 8.32. The Hall–Kier alpha value is -2.79. The van der Waals surface area contributed by atoms with Gasteiger partial charge in [-0.05, 0) is 18.2 Å². The van der Waals surface area contributed by atoms with Gasteiger partial charge in [-0.1, -0.05) is 12.1 Å². The Labute approximate surface area is 153 Å². The smallest absolute Gasteiger partial charge is 0.351 e. The second-order valence-corrected chi connectivity index (χ2v) is 6.27. The summed E-state index contributed by atoms with van der Waals surface area (Å²) in [6.07, 6.45) is -1.56. The summed E-state index contributed by atoms with van der Waals surface area (Å²) in [4.78, 5) is 20.5. The van der Waals surface area contributed by atoms with E-state index >= 15 is 0 Å². The van der Waals surface area contributed by atoms with Gasteiger partial charge in [0.05, 0.1) is 30.6 Å². The van der Waals surface area contributed by atoms with Crippen molar-refractivity contribution in [3.8, 4) is 0 Å².